The van der Waals surface area contributed by atoms with E-state index in [0.29, 0.717) is 27.9 Å². The molecule has 1 aromatic carbocycles. The third kappa shape index (κ3) is 3.28. The minimum atomic E-state index is -0.292. The zero-order valence-electron chi connectivity index (χ0n) is 12.1. The highest BCUT2D eigenvalue weighted by atomic mass is 35.5. The van der Waals surface area contributed by atoms with Crippen LogP contribution in [0.3, 0.4) is 0 Å². The molecule has 2 rings (SSSR count). The number of nitrogens with zero attached hydrogens (tertiary/aromatic N) is 1. The van der Waals surface area contributed by atoms with Crippen molar-refractivity contribution in [3.05, 3.63) is 32.7 Å². The number of anilines is 1. The summed E-state index contributed by atoms with van der Waals surface area (Å²) < 4.78 is 10.4. The molecule has 0 saturated heterocycles. The number of methoxy groups -OCH3 is 2. The highest BCUT2D eigenvalue weighted by Gasteiger charge is 2.17. The molecule has 0 spiro atoms. The molecule has 112 valence electrons. The number of benzene rings is 1. The van der Waals surface area contributed by atoms with Crippen molar-refractivity contribution in [2.45, 2.75) is 13.8 Å². The fourth-order valence-electron chi connectivity index (χ4n) is 1.88. The van der Waals surface area contributed by atoms with Crippen molar-refractivity contribution < 1.29 is 14.3 Å². The first-order valence-electron chi connectivity index (χ1n) is 6.13. The van der Waals surface area contributed by atoms with Crippen LogP contribution in [-0.4, -0.2) is 25.1 Å². The molecule has 2 aromatic rings. The van der Waals surface area contributed by atoms with Gasteiger partial charge < -0.3 is 14.8 Å². The number of hydrogen-bond donors (Lipinski definition) is 1. The topological polar surface area (TPSA) is 60.5 Å². The number of ether oxygens (including phenoxy) is 2. The lowest BCUT2D eigenvalue weighted by Gasteiger charge is -2.12. The second-order valence-corrected chi connectivity index (χ2v) is 6.09. The average Bonchev–Trinajstić information content (AvgIpc) is 2.79. The van der Waals surface area contributed by atoms with Gasteiger partial charge in [0.1, 0.15) is 17.2 Å². The summed E-state index contributed by atoms with van der Waals surface area (Å²) in [5, 5.41) is 4.03. The smallest absolute Gasteiger partial charge is 0.275 e. The van der Waals surface area contributed by atoms with E-state index in [1.54, 1.807) is 12.1 Å². The van der Waals surface area contributed by atoms with Gasteiger partial charge in [-0.2, -0.15) is 0 Å². The van der Waals surface area contributed by atoms with Crippen LogP contribution in [0.25, 0.3) is 0 Å². The monoisotopic (exact) mass is 326 g/mol. The van der Waals surface area contributed by atoms with Gasteiger partial charge in [0.25, 0.3) is 5.91 Å². The Hall–Kier alpha value is -1.79. The van der Waals surface area contributed by atoms with E-state index in [0.717, 1.165) is 9.88 Å². The molecule has 1 N–H and O–H groups in total. The van der Waals surface area contributed by atoms with E-state index in [-0.39, 0.29) is 5.91 Å². The lowest BCUT2D eigenvalue weighted by Crippen LogP contribution is -2.14. The van der Waals surface area contributed by atoms with Crippen LogP contribution in [0.5, 0.6) is 11.5 Å². The van der Waals surface area contributed by atoms with Crippen LogP contribution in [0, 0.1) is 13.8 Å². The van der Waals surface area contributed by atoms with Gasteiger partial charge in [-0.3, -0.25) is 4.79 Å². The standard InChI is InChI=1S/C14H15ClN2O3S/c1-7-13(16-8(2)21-7)14(18)17-10-6-11(19-3)9(15)5-12(10)20-4/h5-6H,1-4H3,(H,17,18). The SMILES string of the molecule is COc1cc(NC(=O)c2nc(C)sc2C)c(OC)cc1Cl. The van der Waals surface area contributed by atoms with E-state index in [2.05, 4.69) is 10.3 Å². The van der Waals surface area contributed by atoms with Crippen molar-refractivity contribution in [3.63, 3.8) is 0 Å². The van der Waals surface area contributed by atoms with Crippen LogP contribution in [0.2, 0.25) is 5.02 Å². The molecule has 0 unspecified atom stereocenters. The molecule has 0 bridgehead atoms. The van der Waals surface area contributed by atoms with Crippen LogP contribution < -0.4 is 14.8 Å². The van der Waals surface area contributed by atoms with Gasteiger partial charge in [-0.1, -0.05) is 11.6 Å². The molecule has 0 atom stereocenters. The van der Waals surface area contributed by atoms with Crippen LogP contribution in [0.15, 0.2) is 12.1 Å². The predicted octanol–water partition coefficient (Wildman–Crippen LogP) is 3.68. The number of aromatic nitrogens is 1. The largest absolute Gasteiger partial charge is 0.495 e. The van der Waals surface area contributed by atoms with Crippen LogP contribution in [0.1, 0.15) is 20.4 Å². The quantitative estimate of drug-likeness (QED) is 0.931. The summed E-state index contributed by atoms with van der Waals surface area (Å²) >= 11 is 7.51. The molecule has 0 aliphatic rings. The van der Waals surface area contributed by atoms with E-state index in [9.17, 15) is 4.79 Å². The number of carbonyl (C=O) groups is 1. The Labute approximate surface area is 131 Å². The number of halogens is 1. The normalized spacial score (nSPS) is 10.3. The van der Waals surface area contributed by atoms with Crippen LogP contribution in [0.4, 0.5) is 5.69 Å². The minimum Gasteiger partial charge on any atom is -0.495 e. The molecule has 0 radical (unpaired) electrons. The molecule has 0 aliphatic carbocycles. The summed E-state index contributed by atoms with van der Waals surface area (Å²) in [6.45, 7) is 3.72. The number of thiazole rings is 1. The highest BCUT2D eigenvalue weighted by Crippen LogP contribution is 2.36. The molecule has 1 amide bonds. The number of carbonyl (C=O) groups excluding carboxylic acids is 1. The molecule has 21 heavy (non-hydrogen) atoms. The van der Waals surface area contributed by atoms with Gasteiger partial charge in [-0.25, -0.2) is 4.98 Å². The van der Waals surface area contributed by atoms with Crippen molar-refractivity contribution in [3.8, 4) is 11.5 Å². The first-order chi connectivity index (χ1) is 9.96. The summed E-state index contributed by atoms with van der Waals surface area (Å²) in [6, 6.07) is 3.21. The van der Waals surface area contributed by atoms with E-state index >= 15 is 0 Å². The highest BCUT2D eigenvalue weighted by molar-refractivity contribution is 7.11. The Balaban J connectivity index is 2.34. The maximum atomic E-state index is 12.3. The number of nitrogens with one attached hydrogen (secondary N) is 1. The van der Waals surface area contributed by atoms with Gasteiger partial charge in [-0.05, 0) is 13.8 Å². The van der Waals surface area contributed by atoms with Crippen molar-refractivity contribution in [2.24, 2.45) is 0 Å². The third-order valence-electron chi connectivity index (χ3n) is 2.84. The maximum Gasteiger partial charge on any atom is 0.275 e. The molecular formula is C14H15ClN2O3S. The fourth-order valence-corrected chi connectivity index (χ4v) is 2.93. The number of aryl methyl sites for hydroxylation is 2. The Morgan fingerprint density at radius 3 is 2.43 bits per heavy atom. The summed E-state index contributed by atoms with van der Waals surface area (Å²) in [5.41, 5.74) is 0.891. The number of rotatable bonds is 4. The molecule has 0 aliphatic heterocycles. The average molecular weight is 327 g/mol. The van der Waals surface area contributed by atoms with Gasteiger partial charge in [-0.15, -0.1) is 11.3 Å². The van der Waals surface area contributed by atoms with Crippen molar-refractivity contribution in [2.75, 3.05) is 19.5 Å². The third-order valence-corrected chi connectivity index (χ3v) is 4.02. The first kappa shape index (κ1) is 15.6. The van der Waals surface area contributed by atoms with Crippen molar-refractivity contribution in [1.82, 2.24) is 4.98 Å². The molecule has 5 nitrogen and oxygen atoms in total. The van der Waals surface area contributed by atoms with Crippen LogP contribution in [-0.2, 0) is 0 Å². The lowest BCUT2D eigenvalue weighted by molar-refractivity contribution is 0.102. The van der Waals surface area contributed by atoms with Crippen molar-refractivity contribution in [1.29, 1.82) is 0 Å². The number of amides is 1. The maximum absolute atomic E-state index is 12.3. The van der Waals surface area contributed by atoms with Crippen molar-refractivity contribution >= 4 is 34.5 Å². The fraction of sp³-hybridized carbons (Fsp3) is 0.286. The van der Waals surface area contributed by atoms with Gasteiger partial charge in [0.2, 0.25) is 0 Å². The Kier molecular flexibility index (Phi) is 4.69. The van der Waals surface area contributed by atoms with Crippen LogP contribution >= 0.6 is 22.9 Å². The zero-order valence-corrected chi connectivity index (χ0v) is 13.7. The number of hydrogen-bond acceptors (Lipinski definition) is 5. The molecule has 0 saturated carbocycles. The second kappa shape index (κ2) is 6.32. The summed E-state index contributed by atoms with van der Waals surface area (Å²) in [5.74, 6) is 0.622. The van der Waals surface area contributed by atoms with E-state index in [4.69, 9.17) is 21.1 Å². The summed E-state index contributed by atoms with van der Waals surface area (Å²) in [7, 11) is 3.01. The van der Waals surface area contributed by atoms with Gasteiger partial charge in [0, 0.05) is 17.0 Å². The van der Waals surface area contributed by atoms with E-state index < -0.39 is 0 Å². The minimum absolute atomic E-state index is 0.292. The zero-order chi connectivity index (χ0) is 15.6. The molecular weight excluding hydrogens is 312 g/mol. The Morgan fingerprint density at radius 1 is 1.24 bits per heavy atom. The summed E-state index contributed by atoms with van der Waals surface area (Å²) in [4.78, 5) is 17.4. The lowest BCUT2D eigenvalue weighted by atomic mass is 10.2. The van der Waals surface area contributed by atoms with E-state index in [1.165, 1.54) is 25.6 Å². The van der Waals surface area contributed by atoms with Gasteiger partial charge in [0.15, 0.2) is 0 Å². The molecule has 7 heteroatoms. The van der Waals surface area contributed by atoms with Gasteiger partial charge >= 0.3 is 0 Å². The predicted molar refractivity (Wildman–Crippen MR) is 84.1 cm³/mol. The molecule has 1 aromatic heterocycles. The summed E-state index contributed by atoms with van der Waals surface area (Å²) in [6.07, 6.45) is 0. The molecule has 1 heterocycles. The Bertz CT molecular complexity index is 685. The van der Waals surface area contributed by atoms with Gasteiger partial charge in [0.05, 0.1) is 29.9 Å². The first-order valence-corrected chi connectivity index (χ1v) is 7.32. The van der Waals surface area contributed by atoms with E-state index in [1.807, 2.05) is 13.8 Å². The second-order valence-electron chi connectivity index (χ2n) is 4.28. The molecule has 0 fully saturated rings. The Morgan fingerprint density at radius 2 is 1.90 bits per heavy atom.